The van der Waals surface area contributed by atoms with Gasteiger partial charge in [0.2, 0.25) is 5.91 Å². The van der Waals surface area contributed by atoms with Crippen LogP contribution in [0.25, 0.3) is 0 Å². The SMILES string of the molecule is CCNC(=NCC(=O)N(C)C)NC1CCc2nc(COC)nn2C1. The normalized spacial score (nSPS) is 17.3. The molecule has 1 aromatic heterocycles. The maximum absolute atomic E-state index is 11.7. The van der Waals surface area contributed by atoms with Gasteiger partial charge in [-0.15, -0.1) is 0 Å². The number of carbonyl (C=O) groups is 1. The molecule has 1 amide bonds. The van der Waals surface area contributed by atoms with E-state index in [1.54, 1.807) is 21.2 Å². The Balaban J connectivity index is 1.97. The summed E-state index contributed by atoms with van der Waals surface area (Å²) < 4.78 is 7.00. The molecule has 0 aliphatic carbocycles. The fraction of sp³-hybridized carbons (Fsp3) is 0.733. The molecular formula is C15H27N7O2. The van der Waals surface area contributed by atoms with Gasteiger partial charge in [-0.25, -0.2) is 14.7 Å². The van der Waals surface area contributed by atoms with E-state index in [1.165, 1.54) is 4.90 Å². The Bertz CT molecular complexity index is 582. The van der Waals surface area contributed by atoms with Gasteiger partial charge in [-0.3, -0.25) is 4.79 Å². The van der Waals surface area contributed by atoms with Crippen LogP contribution in [0, 0.1) is 0 Å². The summed E-state index contributed by atoms with van der Waals surface area (Å²) >= 11 is 0. The van der Waals surface area contributed by atoms with Crippen molar-refractivity contribution in [1.29, 1.82) is 0 Å². The van der Waals surface area contributed by atoms with Crippen molar-refractivity contribution in [2.75, 3.05) is 34.3 Å². The molecule has 1 aliphatic rings. The van der Waals surface area contributed by atoms with Gasteiger partial charge in [0.25, 0.3) is 0 Å². The molecule has 0 aromatic carbocycles. The van der Waals surface area contributed by atoms with E-state index in [0.29, 0.717) is 18.4 Å². The second kappa shape index (κ2) is 8.62. The standard InChI is InChI=1S/C15H27N7O2/c1-5-16-15(17-8-14(23)21(2)3)18-11-6-7-13-19-12(10-24-4)20-22(13)9-11/h11H,5-10H2,1-4H3,(H2,16,17,18). The van der Waals surface area contributed by atoms with Crippen molar-refractivity contribution in [2.24, 2.45) is 4.99 Å². The minimum absolute atomic E-state index is 0.0291. The molecule has 1 aliphatic heterocycles. The number of likely N-dealkylation sites (N-methyl/N-ethyl adjacent to an activating group) is 1. The largest absolute Gasteiger partial charge is 0.377 e. The van der Waals surface area contributed by atoms with Crippen molar-refractivity contribution >= 4 is 11.9 Å². The maximum atomic E-state index is 11.7. The van der Waals surface area contributed by atoms with E-state index < -0.39 is 0 Å². The monoisotopic (exact) mass is 337 g/mol. The van der Waals surface area contributed by atoms with Crippen molar-refractivity contribution in [1.82, 2.24) is 30.3 Å². The van der Waals surface area contributed by atoms with Gasteiger partial charge in [0.15, 0.2) is 11.8 Å². The van der Waals surface area contributed by atoms with E-state index >= 15 is 0 Å². The molecule has 2 rings (SSSR count). The van der Waals surface area contributed by atoms with Crippen LogP contribution in [0.15, 0.2) is 4.99 Å². The Hall–Kier alpha value is -2.16. The van der Waals surface area contributed by atoms with Crippen LogP contribution >= 0.6 is 0 Å². The predicted molar refractivity (Wildman–Crippen MR) is 90.7 cm³/mol. The summed E-state index contributed by atoms with van der Waals surface area (Å²) in [7, 11) is 5.09. The number of methoxy groups -OCH3 is 1. The molecule has 2 N–H and O–H groups in total. The molecule has 9 nitrogen and oxygen atoms in total. The van der Waals surface area contributed by atoms with Gasteiger partial charge in [0.05, 0.1) is 6.54 Å². The fourth-order valence-electron chi connectivity index (χ4n) is 2.47. The number of carbonyl (C=O) groups excluding carboxylic acids is 1. The second-order valence-electron chi connectivity index (χ2n) is 5.92. The van der Waals surface area contributed by atoms with Crippen LogP contribution in [0.1, 0.15) is 25.0 Å². The van der Waals surface area contributed by atoms with Gasteiger partial charge in [0, 0.05) is 40.2 Å². The summed E-state index contributed by atoms with van der Waals surface area (Å²) in [5.74, 6) is 2.33. The highest BCUT2D eigenvalue weighted by molar-refractivity contribution is 5.84. The van der Waals surface area contributed by atoms with Crippen LogP contribution in [0.5, 0.6) is 0 Å². The molecule has 134 valence electrons. The van der Waals surface area contributed by atoms with Crippen LogP contribution < -0.4 is 10.6 Å². The predicted octanol–water partition coefficient (Wildman–Crippen LogP) is -0.617. The number of nitrogens with zero attached hydrogens (tertiary/aromatic N) is 5. The highest BCUT2D eigenvalue weighted by Gasteiger charge is 2.22. The summed E-state index contributed by atoms with van der Waals surface area (Å²) in [6.45, 7) is 4.01. The van der Waals surface area contributed by atoms with E-state index in [2.05, 4.69) is 25.7 Å². The van der Waals surface area contributed by atoms with Crippen molar-refractivity contribution in [3.05, 3.63) is 11.6 Å². The van der Waals surface area contributed by atoms with Crippen LogP contribution in [0.2, 0.25) is 0 Å². The first-order valence-electron chi connectivity index (χ1n) is 8.20. The van der Waals surface area contributed by atoms with E-state index in [1.807, 2.05) is 11.6 Å². The summed E-state index contributed by atoms with van der Waals surface area (Å²) in [4.78, 5) is 22.1. The number of amides is 1. The van der Waals surface area contributed by atoms with Gasteiger partial charge < -0.3 is 20.3 Å². The number of ether oxygens (including phenoxy) is 1. The molecule has 1 unspecified atom stereocenters. The number of nitrogens with one attached hydrogen (secondary N) is 2. The third-order valence-electron chi connectivity index (χ3n) is 3.73. The Labute approximate surface area is 142 Å². The Morgan fingerprint density at radius 1 is 1.50 bits per heavy atom. The molecule has 0 saturated heterocycles. The minimum Gasteiger partial charge on any atom is -0.377 e. The highest BCUT2D eigenvalue weighted by Crippen LogP contribution is 2.13. The maximum Gasteiger partial charge on any atom is 0.243 e. The lowest BCUT2D eigenvalue weighted by atomic mass is 10.1. The van der Waals surface area contributed by atoms with Gasteiger partial charge >= 0.3 is 0 Å². The summed E-state index contributed by atoms with van der Waals surface area (Å²) in [6.07, 6.45) is 1.79. The molecule has 0 saturated carbocycles. The average molecular weight is 337 g/mol. The van der Waals surface area contributed by atoms with Crippen LogP contribution in [-0.2, 0) is 29.1 Å². The zero-order chi connectivity index (χ0) is 17.5. The number of aromatic nitrogens is 3. The number of hydrogen-bond donors (Lipinski definition) is 2. The Kier molecular flexibility index (Phi) is 6.53. The quantitative estimate of drug-likeness (QED) is 0.531. The van der Waals surface area contributed by atoms with Gasteiger partial charge in [-0.1, -0.05) is 0 Å². The Morgan fingerprint density at radius 3 is 2.96 bits per heavy atom. The van der Waals surface area contributed by atoms with E-state index in [9.17, 15) is 4.79 Å². The van der Waals surface area contributed by atoms with Gasteiger partial charge in [-0.2, -0.15) is 5.10 Å². The number of fused-ring (bicyclic) bond motifs is 1. The molecule has 9 heteroatoms. The van der Waals surface area contributed by atoms with Crippen molar-refractivity contribution in [3.63, 3.8) is 0 Å². The van der Waals surface area contributed by atoms with E-state index in [-0.39, 0.29) is 18.5 Å². The molecule has 24 heavy (non-hydrogen) atoms. The number of hydrogen-bond acceptors (Lipinski definition) is 5. The summed E-state index contributed by atoms with van der Waals surface area (Å²) in [5.41, 5.74) is 0. The minimum atomic E-state index is -0.0291. The fourth-order valence-corrected chi connectivity index (χ4v) is 2.47. The second-order valence-corrected chi connectivity index (χ2v) is 5.92. The third-order valence-corrected chi connectivity index (χ3v) is 3.73. The lowest BCUT2D eigenvalue weighted by Gasteiger charge is -2.25. The van der Waals surface area contributed by atoms with Crippen LogP contribution in [-0.4, -0.2) is 71.9 Å². The summed E-state index contributed by atoms with van der Waals surface area (Å²) in [6, 6.07) is 0.196. The molecule has 0 spiro atoms. The molecule has 1 aromatic rings. The smallest absolute Gasteiger partial charge is 0.243 e. The third kappa shape index (κ3) is 4.92. The Morgan fingerprint density at radius 2 is 2.29 bits per heavy atom. The van der Waals surface area contributed by atoms with Crippen molar-refractivity contribution in [3.8, 4) is 0 Å². The first-order valence-corrected chi connectivity index (χ1v) is 8.20. The first-order chi connectivity index (χ1) is 11.5. The zero-order valence-corrected chi connectivity index (χ0v) is 14.9. The van der Waals surface area contributed by atoms with Gasteiger partial charge in [0.1, 0.15) is 19.0 Å². The zero-order valence-electron chi connectivity index (χ0n) is 14.9. The van der Waals surface area contributed by atoms with Crippen LogP contribution in [0.3, 0.4) is 0 Å². The molecule has 0 fully saturated rings. The van der Waals surface area contributed by atoms with Gasteiger partial charge in [-0.05, 0) is 13.3 Å². The van der Waals surface area contributed by atoms with E-state index in [0.717, 1.165) is 31.8 Å². The summed E-state index contributed by atoms with van der Waals surface area (Å²) in [5, 5.41) is 11.0. The molecule has 2 heterocycles. The highest BCUT2D eigenvalue weighted by atomic mass is 16.5. The lowest BCUT2D eigenvalue weighted by molar-refractivity contribution is -0.127. The number of rotatable bonds is 6. The average Bonchev–Trinajstić information content (AvgIpc) is 2.94. The molecular weight excluding hydrogens is 310 g/mol. The number of guanidine groups is 1. The lowest BCUT2D eigenvalue weighted by Crippen LogP contribution is -2.47. The number of aryl methyl sites for hydroxylation is 1. The topological polar surface area (TPSA) is 96.7 Å². The molecule has 1 atom stereocenters. The molecule has 0 radical (unpaired) electrons. The number of aliphatic imine (C=N–C) groups is 1. The molecule has 0 bridgehead atoms. The van der Waals surface area contributed by atoms with Crippen molar-refractivity contribution < 1.29 is 9.53 Å². The van der Waals surface area contributed by atoms with Crippen molar-refractivity contribution in [2.45, 2.75) is 39.0 Å². The van der Waals surface area contributed by atoms with E-state index in [4.69, 9.17) is 4.74 Å². The van der Waals surface area contributed by atoms with Crippen LogP contribution in [0.4, 0.5) is 0 Å². The first kappa shape index (κ1) is 18.2.